The molecule has 150 valence electrons. The van der Waals surface area contributed by atoms with Gasteiger partial charge in [0.1, 0.15) is 17.2 Å². The van der Waals surface area contributed by atoms with E-state index in [4.69, 9.17) is 14.0 Å². The van der Waals surface area contributed by atoms with Crippen LogP contribution in [0.15, 0.2) is 77.3 Å². The van der Waals surface area contributed by atoms with Crippen molar-refractivity contribution in [3.05, 3.63) is 72.8 Å². The van der Waals surface area contributed by atoms with E-state index in [-0.39, 0.29) is 5.91 Å². The third kappa shape index (κ3) is 4.47. The Morgan fingerprint density at radius 1 is 0.833 bits per heavy atom. The van der Waals surface area contributed by atoms with Crippen molar-refractivity contribution in [1.29, 1.82) is 0 Å². The van der Waals surface area contributed by atoms with Crippen LogP contribution in [-0.4, -0.2) is 23.2 Å². The van der Waals surface area contributed by atoms with Gasteiger partial charge >= 0.3 is 0 Å². The summed E-state index contributed by atoms with van der Waals surface area (Å²) in [5.74, 6) is 2.94. The molecule has 30 heavy (non-hydrogen) atoms. The largest absolute Gasteiger partial charge is 0.497 e. The lowest BCUT2D eigenvalue weighted by Gasteiger charge is -2.06. The van der Waals surface area contributed by atoms with Crippen molar-refractivity contribution in [2.24, 2.45) is 0 Å². The molecule has 1 N–H and O–H groups in total. The van der Waals surface area contributed by atoms with Gasteiger partial charge < -0.3 is 19.3 Å². The molecule has 0 saturated carbocycles. The lowest BCUT2D eigenvalue weighted by Crippen LogP contribution is -2.05. The Morgan fingerprint density at radius 2 is 1.40 bits per heavy atom. The topological polar surface area (TPSA) is 86.5 Å². The number of hydrogen-bond acceptors (Lipinski definition) is 6. The molecule has 7 heteroatoms. The van der Waals surface area contributed by atoms with Crippen molar-refractivity contribution in [2.75, 3.05) is 12.4 Å². The van der Waals surface area contributed by atoms with Gasteiger partial charge in [0.15, 0.2) is 0 Å². The Balaban J connectivity index is 1.45. The molecule has 0 fully saturated rings. The summed E-state index contributed by atoms with van der Waals surface area (Å²) in [7, 11) is 1.62. The van der Waals surface area contributed by atoms with Crippen LogP contribution in [0.4, 0.5) is 5.69 Å². The van der Waals surface area contributed by atoms with Crippen LogP contribution < -0.4 is 14.8 Å². The smallest absolute Gasteiger partial charge is 0.258 e. The van der Waals surface area contributed by atoms with Gasteiger partial charge in [-0.05, 0) is 72.8 Å². The van der Waals surface area contributed by atoms with Gasteiger partial charge in [-0.1, -0.05) is 5.16 Å². The summed E-state index contributed by atoms with van der Waals surface area (Å²) in [6.45, 7) is 1.46. The van der Waals surface area contributed by atoms with E-state index >= 15 is 0 Å². The zero-order chi connectivity index (χ0) is 20.9. The van der Waals surface area contributed by atoms with E-state index in [9.17, 15) is 4.79 Å². The number of carbonyl (C=O) groups excluding carboxylic acids is 1. The highest BCUT2D eigenvalue weighted by atomic mass is 16.5. The van der Waals surface area contributed by atoms with E-state index < -0.39 is 0 Å². The van der Waals surface area contributed by atoms with Crippen molar-refractivity contribution < 1.29 is 18.8 Å². The SMILES string of the molecule is COc1ccc(Oc2ccc(-c3noc(-c4ccc(NC(C)=O)cc4)n3)cc2)cc1. The van der Waals surface area contributed by atoms with Crippen LogP contribution in [0.25, 0.3) is 22.8 Å². The quantitative estimate of drug-likeness (QED) is 0.480. The minimum absolute atomic E-state index is 0.123. The first-order chi connectivity index (χ1) is 14.6. The number of methoxy groups -OCH3 is 1. The van der Waals surface area contributed by atoms with Crippen molar-refractivity contribution in [1.82, 2.24) is 10.1 Å². The normalized spacial score (nSPS) is 10.5. The number of nitrogens with one attached hydrogen (secondary N) is 1. The zero-order valence-corrected chi connectivity index (χ0v) is 16.5. The van der Waals surface area contributed by atoms with Crippen molar-refractivity contribution in [2.45, 2.75) is 6.92 Å². The number of carbonyl (C=O) groups is 1. The molecule has 0 aliphatic heterocycles. The zero-order valence-electron chi connectivity index (χ0n) is 16.5. The van der Waals surface area contributed by atoms with Crippen molar-refractivity contribution in [3.8, 4) is 40.1 Å². The lowest BCUT2D eigenvalue weighted by atomic mass is 10.2. The standard InChI is InChI=1S/C23H19N3O4/c1-15(27)24-18-7-3-17(4-8-18)23-25-22(26-30-23)16-5-9-20(10-6-16)29-21-13-11-19(28-2)12-14-21/h3-14H,1-2H3,(H,24,27). The third-order valence-corrected chi connectivity index (χ3v) is 4.29. The minimum atomic E-state index is -0.123. The predicted octanol–water partition coefficient (Wildman–Crippen LogP) is 5.16. The molecule has 0 aliphatic rings. The van der Waals surface area contributed by atoms with Crippen LogP contribution in [0.3, 0.4) is 0 Å². The van der Waals surface area contributed by atoms with Gasteiger partial charge in [0.2, 0.25) is 11.7 Å². The fraction of sp³-hybridized carbons (Fsp3) is 0.0870. The number of nitrogens with zero attached hydrogens (tertiary/aromatic N) is 2. The maximum Gasteiger partial charge on any atom is 0.258 e. The Kier molecular flexibility index (Phi) is 5.43. The van der Waals surface area contributed by atoms with Crippen LogP contribution in [0, 0.1) is 0 Å². The van der Waals surface area contributed by atoms with Gasteiger partial charge in [0, 0.05) is 23.7 Å². The second-order valence-electron chi connectivity index (χ2n) is 6.48. The van der Waals surface area contributed by atoms with Crippen molar-refractivity contribution in [3.63, 3.8) is 0 Å². The molecular weight excluding hydrogens is 382 g/mol. The number of benzene rings is 3. The summed E-state index contributed by atoms with van der Waals surface area (Å²) in [5, 5.41) is 6.77. The molecular formula is C23H19N3O4. The molecule has 4 rings (SSSR count). The van der Waals surface area contributed by atoms with Gasteiger partial charge in [-0.2, -0.15) is 4.98 Å². The number of amides is 1. The van der Waals surface area contributed by atoms with Crippen LogP contribution in [-0.2, 0) is 4.79 Å². The highest BCUT2D eigenvalue weighted by molar-refractivity contribution is 5.88. The lowest BCUT2D eigenvalue weighted by molar-refractivity contribution is -0.114. The summed E-state index contributed by atoms with van der Waals surface area (Å²) in [4.78, 5) is 15.6. The van der Waals surface area contributed by atoms with Crippen LogP contribution in [0.1, 0.15) is 6.92 Å². The van der Waals surface area contributed by atoms with Gasteiger partial charge in [-0.15, -0.1) is 0 Å². The first-order valence-corrected chi connectivity index (χ1v) is 9.25. The van der Waals surface area contributed by atoms with Gasteiger partial charge in [-0.25, -0.2) is 0 Å². The van der Waals surface area contributed by atoms with E-state index in [0.29, 0.717) is 28.9 Å². The van der Waals surface area contributed by atoms with E-state index in [2.05, 4.69) is 15.5 Å². The molecule has 0 unspecified atom stereocenters. The highest BCUT2D eigenvalue weighted by Crippen LogP contribution is 2.27. The monoisotopic (exact) mass is 401 g/mol. The van der Waals surface area contributed by atoms with Crippen molar-refractivity contribution >= 4 is 11.6 Å². The Bertz CT molecular complexity index is 1130. The van der Waals surface area contributed by atoms with E-state index in [1.165, 1.54) is 6.92 Å². The first kappa shape index (κ1) is 19.2. The average molecular weight is 401 g/mol. The number of rotatable bonds is 6. The average Bonchev–Trinajstić information content (AvgIpc) is 3.25. The molecule has 4 aromatic rings. The minimum Gasteiger partial charge on any atom is -0.497 e. The summed E-state index contributed by atoms with van der Waals surface area (Å²) < 4.78 is 16.4. The molecule has 3 aromatic carbocycles. The molecule has 1 heterocycles. The molecule has 1 amide bonds. The number of ether oxygens (including phenoxy) is 2. The number of anilines is 1. The summed E-state index contributed by atoms with van der Waals surface area (Å²) in [6, 6.07) is 22.0. The van der Waals surface area contributed by atoms with Crippen LogP contribution in [0.2, 0.25) is 0 Å². The maximum absolute atomic E-state index is 11.1. The van der Waals surface area contributed by atoms with Gasteiger partial charge in [0.05, 0.1) is 7.11 Å². The van der Waals surface area contributed by atoms with Crippen LogP contribution >= 0.6 is 0 Å². The number of hydrogen-bond donors (Lipinski definition) is 1. The molecule has 1 aromatic heterocycles. The maximum atomic E-state index is 11.1. The Hall–Kier alpha value is -4.13. The van der Waals surface area contributed by atoms with E-state index in [1.807, 2.05) is 60.7 Å². The predicted molar refractivity (Wildman–Crippen MR) is 113 cm³/mol. The Labute approximate surface area is 173 Å². The summed E-state index contributed by atoms with van der Waals surface area (Å²) >= 11 is 0. The van der Waals surface area contributed by atoms with Gasteiger partial charge in [-0.3, -0.25) is 4.79 Å². The number of aromatic nitrogens is 2. The van der Waals surface area contributed by atoms with E-state index in [1.54, 1.807) is 19.2 Å². The second-order valence-corrected chi connectivity index (χ2v) is 6.48. The van der Waals surface area contributed by atoms with Gasteiger partial charge in [0.25, 0.3) is 5.89 Å². The Morgan fingerprint density at radius 3 is 2.00 bits per heavy atom. The summed E-state index contributed by atoms with van der Waals surface area (Å²) in [6.07, 6.45) is 0. The first-order valence-electron chi connectivity index (χ1n) is 9.25. The van der Waals surface area contributed by atoms with Crippen LogP contribution in [0.5, 0.6) is 17.2 Å². The summed E-state index contributed by atoms with van der Waals surface area (Å²) in [5.41, 5.74) is 2.28. The molecule has 0 atom stereocenters. The van der Waals surface area contributed by atoms with E-state index in [0.717, 1.165) is 16.9 Å². The third-order valence-electron chi connectivity index (χ3n) is 4.29. The fourth-order valence-electron chi connectivity index (χ4n) is 2.81. The molecule has 7 nitrogen and oxygen atoms in total. The molecule has 0 saturated heterocycles. The fourth-order valence-corrected chi connectivity index (χ4v) is 2.81. The molecule has 0 spiro atoms. The molecule has 0 radical (unpaired) electrons. The molecule has 0 aliphatic carbocycles. The highest BCUT2D eigenvalue weighted by Gasteiger charge is 2.11. The second kappa shape index (κ2) is 8.48. The molecule has 0 bridgehead atoms.